The number of hydrogen-bond donors (Lipinski definition) is 1. The third-order valence-electron chi connectivity index (χ3n) is 6.05. The molecule has 0 radical (unpaired) electrons. The summed E-state index contributed by atoms with van der Waals surface area (Å²) in [5, 5.41) is 11.3. The second-order valence-electron chi connectivity index (χ2n) is 8.00. The molecule has 0 bridgehead atoms. The van der Waals surface area contributed by atoms with E-state index < -0.39 is 0 Å². The highest BCUT2D eigenvalue weighted by Crippen LogP contribution is 2.25. The van der Waals surface area contributed by atoms with Crippen LogP contribution in [0.1, 0.15) is 53.3 Å². The molecule has 1 N–H and O–H groups in total. The summed E-state index contributed by atoms with van der Waals surface area (Å²) in [7, 11) is 0. The van der Waals surface area contributed by atoms with Gasteiger partial charge in [0, 0.05) is 38.3 Å². The molecule has 2 aromatic rings. The lowest BCUT2D eigenvalue weighted by Crippen LogP contribution is -2.37. The SMILES string of the molecule is O=C(Nc1ccc2c(c1)CN(C(=O)c1nnc3n1CCCC3)CC2)[C@H]1CCCO1. The fourth-order valence-electron chi connectivity index (χ4n) is 4.42. The van der Waals surface area contributed by atoms with Crippen LogP contribution in [0.5, 0.6) is 0 Å². The zero-order valence-corrected chi connectivity index (χ0v) is 16.4. The van der Waals surface area contributed by atoms with Crippen molar-refractivity contribution in [2.45, 2.75) is 57.7 Å². The highest BCUT2D eigenvalue weighted by atomic mass is 16.5. The lowest BCUT2D eigenvalue weighted by atomic mass is 9.98. The van der Waals surface area contributed by atoms with Crippen LogP contribution in [0.3, 0.4) is 0 Å². The molecule has 2 amide bonds. The summed E-state index contributed by atoms with van der Waals surface area (Å²) in [6.07, 6.45) is 5.17. The lowest BCUT2D eigenvalue weighted by Gasteiger charge is -2.29. The number of benzene rings is 1. The Hall–Kier alpha value is -2.74. The molecule has 1 saturated heterocycles. The van der Waals surface area contributed by atoms with Gasteiger partial charge in [-0.2, -0.15) is 0 Å². The monoisotopic (exact) mass is 395 g/mol. The third kappa shape index (κ3) is 3.53. The van der Waals surface area contributed by atoms with E-state index in [0.717, 1.165) is 62.1 Å². The first-order chi connectivity index (χ1) is 14.2. The van der Waals surface area contributed by atoms with Crippen LogP contribution >= 0.6 is 0 Å². The zero-order valence-electron chi connectivity index (χ0n) is 16.4. The smallest absolute Gasteiger partial charge is 0.292 e. The number of fused-ring (bicyclic) bond motifs is 2. The number of aromatic nitrogens is 3. The van der Waals surface area contributed by atoms with Crippen LogP contribution in [0.2, 0.25) is 0 Å². The first-order valence-electron chi connectivity index (χ1n) is 10.4. The summed E-state index contributed by atoms with van der Waals surface area (Å²) in [5.74, 6) is 1.20. The van der Waals surface area contributed by atoms with Gasteiger partial charge in [-0.1, -0.05) is 6.07 Å². The van der Waals surface area contributed by atoms with E-state index in [4.69, 9.17) is 4.74 Å². The largest absolute Gasteiger partial charge is 0.368 e. The number of anilines is 1. The Kier molecular flexibility index (Phi) is 4.79. The Bertz CT molecular complexity index is 948. The van der Waals surface area contributed by atoms with Gasteiger partial charge in [-0.15, -0.1) is 10.2 Å². The van der Waals surface area contributed by atoms with Gasteiger partial charge in [-0.25, -0.2) is 0 Å². The first-order valence-corrected chi connectivity index (χ1v) is 10.4. The summed E-state index contributed by atoms with van der Waals surface area (Å²) < 4.78 is 7.43. The Labute approximate surface area is 169 Å². The maximum absolute atomic E-state index is 13.1. The molecule has 1 aromatic carbocycles. The molecular formula is C21H25N5O3. The van der Waals surface area contributed by atoms with Crippen LogP contribution in [0, 0.1) is 0 Å². The first kappa shape index (κ1) is 18.3. The van der Waals surface area contributed by atoms with Gasteiger partial charge in [0.25, 0.3) is 11.8 Å². The van der Waals surface area contributed by atoms with Crippen molar-refractivity contribution >= 4 is 17.5 Å². The minimum absolute atomic E-state index is 0.0647. The molecule has 3 aliphatic heterocycles. The van der Waals surface area contributed by atoms with Crippen LogP contribution in [0.15, 0.2) is 18.2 Å². The number of rotatable bonds is 3. The second kappa shape index (κ2) is 7.59. The number of amides is 2. The van der Waals surface area contributed by atoms with E-state index in [-0.39, 0.29) is 17.9 Å². The summed E-state index contributed by atoms with van der Waals surface area (Å²) in [5.41, 5.74) is 3.03. The third-order valence-corrected chi connectivity index (χ3v) is 6.05. The predicted octanol–water partition coefficient (Wildman–Crippen LogP) is 1.93. The van der Waals surface area contributed by atoms with E-state index in [9.17, 15) is 9.59 Å². The molecule has 8 heteroatoms. The van der Waals surface area contributed by atoms with Crippen molar-refractivity contribution < 1.29 is 14.3 Å². The lowest BCUT2D eigenvalue weighted by molar-refractivity contribution is -0.124. The van der Waals surface area contributed by atoms with Crippen molar-refractivity contribution in [3.8, 4) is 0 Å². The number of hydrogen-bond acceptors (Lipinski definition) is 5. The molecule has 3 aliphatic rings. The molecule has 0 unspecified atom stereocenters. The molecule has 0 aliphatic carbocycles. The van der Waals surface area contributed by atoms with Gasteiger partial charge in [-0.05, 0) is 55.4 Å². The Morgan fingerprint density at radius 3 is 2.86 bits per heavy atom. The van der Waals surface area contributed by atoms with Crippen molar-refractivity contribution in [3.63, 3.8) is 0 Å². The van der Waals surface area contributed by atoms with Crippen LogP contribution in [-0.2, 0) is 35.5 Å². The molecule has 29 heavy (non-hydrogen) atoms. The highest BCUT2D eigenvalue weighted by Gasteiger charge is 2.28. The van der Waals surface area contributed by atoms with E-state index in [1.54, 1.807) is 0 Å². The van der Waals surface area contributed by atoms with Crippen molar-refractivity contribution in [1.82, 2.24) is 19.7 Å². The predicted molar refractivity (Wildman–Crippen MR) is 105 cm³/mol. The van der Waals surface area contributed by atoms with Crippen molar-refractivity contribution in [2.75, 3.05) is 18.5 Å². The van der Waals surface area contributed by atoms with E-state index >= 15 is 0 Å². The van der Waals surface area contributed by atoms with Crippen LogP contribution in [0.25, 0.3) is 0 Å². The van der Waals surface area contributed by atoms with E-state index in [2.05, 4.69) is 15.5 Å². The average Bonchev–Trinajstić information content (AvgIpc) is 3.43. The van der Waals surface area contributed by atoms with E-state index in [0.29, 0.717) is 25.5 Å². The fourth-order valence-corrected chi connectivity index (χ4v) is 4.42. The maximum Gasteiger partial charge on any atom is 0.292 e. The van der Waals surface area contributed by atoms with Crippen molar-refractivity contribution in [1.29, 1.82) is 0 Å². The van der Waals surface area contributed by atoms with Crippen molar-refractivity contribution in [2.24, 2.45) is 0 Å². The van der Waals surface area contributed by atoms with Gasteiger partial charge in [-0.3, -0.25) is 9.59 Å². The van der Waals surface area contributed by atoms with Crippen LogP contribution in [-0.4, -0.2) is 50.7 Å². The van der Waals surface area contributed by atoms with Crippen LogP contribution < -0.4 is 5.32 Å². The Morgan fingerprint density at radius 2 is 2.00 bits per heavy atom. The molecule has 1 fully saturated rings. The molecule has 0 spiro atoms. The van der Waals surface area contributed by atoms with Gasteiger partial charge < -0.3 is 19.5 Å². The number of nitrogens with zero attached hydrogens (tertiary/aromatic N) is 4. The fraction of sp³-hybridized carbons (Fsp3) is 0.524. The minimum atomic E-state index is -0.358. The molecule has 4 heterocycles. The van der Waals surface area contributed by atoms with E-state index in [1.807, 2.05) is 27.7 Å². The quantitative estimate of drug-likeness (QED) is 0.858. The summed E-state index contributed by atoms with van der Waals surface area (Å²) in [6, 6.07) is 5.94. The highest BCUT2D eigenvalue weighted by molar-refractivity contribution is 5.94. The van der Waals surface area contributed by atoms with Crippen molar-refractivity contribution in [3.05, 3.63) is 41.0 Å². The van der Waals surface area contributed by atoms with Gasteiger partial charge in [0.15, 0.2) is 0 Å². The minimum Gasteiger partial charge on any atom is -0.368 e. The molecular weight excluding hydrogens is 370 g/mol. The summed E-state index contributed by atoms with van der Waals surface area (Å²) in [4.78, 5) is 27.3. The van der Waals surface area contributed by atoms with E-state index in [1.165, 1.54) is 5.56 Å². The Morgan fingerprint density at radius 1 is 1.07 bits per heavy atom. The zero-order chi connectivity index (χ0) is 19.8. The van der Waals surface area contributed by atoms with Gasteiger partial charge in [0.2, 0.25) is 5.82 Å². The van der Waals surface area contributed by atoms with Gasteiger partial charge in [0.05, 0.1) is 0 Å². The molecule has 152 valence electrons. The standard InChI is InChI=1S/C21H25N5O3/c27-20(17-4-3-11-29-17)22-16-7-6-14-8-10-25(13-15(14)12-16)21(28)19-24-23-18-5-1-2-9-26(18)19/h6-7,12,17H,1-5,8-11,13H2,(H,22,27)/t17-/m1/s1. The molecule has 1 aromatic heterocycles. The van der Waals surface area contributed by atoms with Gasteiger partial charge in [0.1, 0.15) is 11.9 Å². The molecule has 8 nitrogen and oxygen atoms in total. The summed E-state index contributed by atoms with van der Waals surface area (Å²) in [6.45, 7) is 2.63. The normalized spacial score (nSPS) is 20.8. The number of carbonyl (C=O) groups is 2. The van der Waals surface area contributed by atoms with Crippen LogP contribution in [0.4, 0.5) is 5.69 Å². The molecule has 5 rings (SSSR count). The topological polar surface area (TPSA) is 89.4 Å². The number of nitrogens with one attached hydrogen (secondary N) is 1. The molecule has 0 saturated carbocycles. The van der Waals surface area contributed by atoms with Gasteiger partial charge >= 0.3 is 0 Å². The molecule has 1 atom stereocenters. The summed E-state index contributed by atoms with van der Waals surface area (Å²) >= 11 is 0. The average molecular weight is 395 g/mol. The second-order valence-corrected chi connectivity index (χ2v) is 8.00. The number of aryl methyl sites for hydroxylation is 1. The number of carbonyl (C=O) groups excluding carboxylic acids is 2. The Balaban J connectivity index is 1.31. The number of ether oxygens (including phenoxy) is 1. The maximum atomic E-state index is 13.1.